The number of nitrogens with one attached hydrogen (secondary N) is 1. The Kier molecular flexibility index (Phi) is 5.17. The number of nitrogens with zero attached hydrogens (tertiary/aromatic N) is 1. The van der Waals surface area contributed by atoms with Gasteiger partial charge in [0.2, 0.25) is 0 Å². The van der Waals surface area contributed by atoms with Gasteiger partial charge in [0.05, 0.1) is 25.3 Å². The molecule has 0 aliphatic rings. The third-order valence-corrected chi connectivity index (χ3v) is 4.16. The van der Waals surface area contributed by atoms with Crippen molar-refractivity contribution >= 4 is 16.2 Å². The maximum Gasteiger partial charge on any atom is 0.276 e. The molecule has 0 saturated heterocycles. The molecule has 2 aromatic carbocycles. The number of hydrogen-bond donors (Lipinski definition) is 1. The molecule has 0 atom stereocenters. The van der Waals surface area contributed by atoms with E-state index in [2.05, 4.69) is 9.93 Å². The molecule has 0 radical (unpaired) electrons. The number of sulfonamides is 1. The molecule has 8 heteroatoms. The van der Waals surface area contributed by atoms with Crippen molar-refractivity contribution in [2.75, 3.05) is 14.2 Å². The molecule has 23 heavy (non-hydrogen) atoms. The van der Waals surface area contributed by atoms with Gasteiger partial charge in [-0.25, -0.2) is 9.22 Å². The van der Waals surface area contributed by atoms with E-state index in [1.165, 1.54) is 20.4 Å². The topological polar surface area (TPSA) is 77.0 Å². The lowest BCUT2D eigenvalue weighted by Gasteiger charge is -2.07. The Bertz CT molecular complexity index is 805. The largest absolute Gasteiger partial charge is 0.493 e. The molecule has 0 spiro atoms. The van der Waals surface area contributed by atoms with E-state index >= 15 is 0 Å². The first kappa shape index (κ1) is 16.8. The van der Waals surface area contributed by atoms with Crippen LogP contribution in [0.15, 0.2) is 52.5 Å². The van der Waals surface area contributed by atoms with E-state index in [0.29, 0.717) is 17.1 Å². The van der Waals surface area contributed by atoms with Crippen LogP contribution >= 0.6 is 0 Å². The van der Waals surface area contributed by atoms with Crippen molar-refractivity contribution in [1.29, 1.82) is 0 Å². The Hall–Kier alpha value is -2.61. The van der Waals surface area contributed by atoms with Gasteiger partial charge in [0.25, 0.3) is 10.0 Å². The summed E-state index contributed by atoms with van der Waals surface area (Å²) in [5.41, 5.74) is 0.615. The van der Waals surface area contributed by atoms with E-state index in [9.17, 15) is 12.8 Å². The average molecular weight is 338 g/mol. The minimum absolute atomic E-state index is 0.0802. The molecular weight excluding hydrogens is 323 g/mol. The minimum Gasteiger partial charge on any atom is -0.493 e. The highest BCUT2D eigenvalue weighted by Crippen LogP contribution is 2.26. The predicted molar refractivity (Wildman–Crippen MR) is 83.9 cm³/mol. The molecule has 0 fully saturated rings. The van der Waals surface area contributed by atoms with E-state index in [1.54, 1.807) is 18.2 Å². The highest BCUT2D eigenvalue weighted by molar-refractivity contribution is 7.89. The van der Waals surface area contributed by atoms with Gasteiger partial charge in [-0.3, -0.25) is 0 Å². The molecule has 2 rings (SSSR count). The van der Waals surface area contributed by atoms with E-state index in [0.717, 1.165) is 24.3 Å². The van der Waals surface area contributed by atoms with Crippen molar-refractivity contribution in [3.8, 4) is 11.5 Å². The van der Waals surface area contributed by atoms with Gasteiger partial charge in [-0.1, -0.05) is 0 Å². The lowest BCUT2D eigenvalue weighted by molar-refractivity contribution is 0.355. The summed E-state index contributed by atoms with van der Waals surface area (Å²) in [6, 6.07) is 9.45. The normalized spacial score (nSPS) is 11.4. The molecule has 0 aromatic heterocycles. The van der Waals surface area contributed by atoms with Gasteiger partial charge >= 0.3 is 0 Å². The van der Waals surface area contributed by atoms with E-state index in [-0.39, 0.29) is 4.90 Å². The quantitative estimate of drug-likeness (QED) is 0.647. The van der Waals surface area contributed by atoms with Crippen LogP contribution in [0.3, 0.4) is 0 Å². The van der Waals surface area contributed by atoms with Crippen LogP contribution in [0.1, 0.15) is 5.56 Å². The van der Waals surface area contributed by atoms with Crippen molar-refractivity contribution in [2.45, 2.75) is 4.90 Å². The molecular formula is C15H15FN2O4S. The highest BCUT2D eigenvalue weighted by atomic mass is 32.2. The summed E-state index contributed by atoms with van der Waals surface area (Å²) >= 11 is 0. The smallest absolute Gasteiger partial charge is 0.276 e. The number of hydrazone groups is 1. The maximum absolute atomic E-state index is 12.8. The van der Waals surface area contributed by atoms with Crippen molar-refractivity contribution in [3.63, 3.8) is 0 Å². The lowest BCUT2D eigenvalue weighted by atomic mass is 10.2. The third kappa shape index (κ3) is 4.19. The second kappa shape index (κ2) is 7.10. The van der Waals surface area contributed by atoms with Crippen LogP contribution in [0, 0.1) is 5.82 Å². The number of halogens is 1. The molecule has 122 valence electrons. The first-order chi connectivity index (χ1) is 11.0. The first-order valence-corrected chi connectivity index (χ1v) is 7.97. The number of ether oxygens (including phenoxy) is 2. The monoisotopic (exact) mass is 338 g/mol. The molecule has 0 unspecified atom stereocenters. The van der Waals surface area contributed by atoms with Crippen LogP contribution < -0.4 is 14.3 Å². The zero-order valence-corrected chi connectivity index (χ0v) is 13.3. The molecule has 2 aromatic rings. The molecule has 0 aliphatic carbocycles. The summed E-state index contributed by atoms with van der Waals surface area (Å²) in [7, 11) is -0.834. The van der Waals surface area contributed by atoms with Gasteiger partial charge in [-0.2, -0.15) is 13.5 Å². The van der Waals surface area contributed by atoms with Crippen LogP contribution in [-0.4, -0.2) is 28.9 Å². The van der Waals surface area contributed by atoms with E-state index < -0.39 is 15.8 Å². The fourth-order valence-electron chi connectivity index (χ4n) is 1.77. The summed E-state index contributed by atoms with van der Waals surface area (Å²) in [6.45, 7) is 0. The maximum atomic E-state index is 12.8. The lowest BCUT2D eigenvalue weighted by Crippen LogP contribution is -2.18. The number of hydrogen-bond acceptors (Lipinski definition) is 5. The van der Waals surface area contributed by atoms with E-state index in [4.69, 9.17) is 9.47 Å². The zero-order valence-electron chi connectivity index (χ0n) is 12.5. The molecule has 6 nitrogen and oxygen atoms in total. The molecule has 0 saturated carbocycles. The van der Waals surface area contributed by atoms with Gasteiger partial charge in [-0.15, -0.1) is 0 Å². The highest BCUT2D eigenvalue weighted by Gasteiger charge is 2.12. The molecule has 1 N–H and O–H groups in total. The summed E-state index contributed by atoms with van der Waals surface area (Å²) in [4.78, 5) is 1.98. The van der Waals surface area contributed by atoms with Crippen molar-refractivity contribution in [3.05, 3.63) is 53.8 Å². The van der Waals surface area contributed by atoms with E-state index in [1.807, 2.05) is 0 Å². The third-order valence-electron chi connectivity index (χ3n) is 2.92. The van der Waals surface area contributed by atoms with Gasteiger partial charge in [0, 0.05) is 0 Å². The van der Waals surface area contributed by atoms with Crippen LogP contribution in [0.4, 0.5) is 4.39 Å². The Morgan fingerprint density at radius 3 is 2.30 bits per heavy atom. The SMILES string of the molecule is COc1ccc(/C=N/NS(=O)(=O)c2ccc(F)cc2)cc1OC. The Morgan fingerprint density at radius 2 is 1.70 bits per heavy atom. The summed E-state index contributed by atoms with van der Waals surface area (Å²) in [5.74, 6) is 0.534. The second-order valence-electron chi connectivity index (χ2n) is 4.42. The fraction of sp³-hybridized carbons (Fsp3) is 0.133. The van der Waals surface area contributed by atoms with Gasteiger partial charge in [-0.05, 0) is 48.0 Å². The summed E-state index contributed by atoms with van der Waals surface area (Å²) < 4.78 is 47.0. The van der Waals surface area contributed by atoms with Crippen molar-refractivity contribution < 1.29 is 22.3 Å². The number of benzene rings is 2. The summed E-state index contributed by atoms with van der Waals surface area (Å²) in [6.07, 6.45) is 1.32. The van der Waals surface area contributed by atoms with Gasteiger partial charge in [0.15, 0.2) is 11.5 Å². The fourth-order valence-corrected chi connectivity index (χ4v) is 2.56. The number of methoxy groups -OCH3 is 2. The van der Waals surface area contributed by atoms with Crippen LogP contribution in [0.2, 0.25) is 0 Å². The predicted octanol–water partition coefficient (Wildman–Crippen LogP) is 2.16. The molecule has 0 heterocycles. The Balaban J connectivity index is 2.13. The minimum atomic E-state index is -3.85. The van der Waals surface area contributed by atoms with Gasteiger partial charge in [0.1, 0.15) is 5.82 Å². The average Bonchev–Trinajstić information content (AvgIpc) is 2.55. The molecule has 0 aliphatic heterocycles. The zero-order chi connectivity index (χ0) is 16.9. The van der Waals surface area contributed by atoms with Gasteiger partial charge < -0.3 is 9.47 Å². The van der Waals surface area contributed by atoms with Crippen molar-refractivity contribution in [1.82, 2.24) is 4.83 Å². The Labute approximate surface area is 133 Å². The molecule has 0 bridgehead atoms. The second-order valence-corrected chi connectivity index (χ2v) is 6.08. The van der Waals surface area contributed by atoms with Crippen molar-refractivity contribution in [2.24, 2.45) is 5.10 Å². The van der Waals surface area contributed by atoms with Crippen LogP contribution in [-0.2, 0) is 10.0 Å². The standard InChI is InChI=1S/C15H15FN2O4S/c1-21-14-8-3-11(9-15(14)22-2)10-17-18-23(19,20)13-6-4-12(16)5-7-13/h3-10,18H,1-2H3/b17-10+. The molecule has 0 amide bonds. The number of rotatable bonds is 6. The van der Waals surface area contributed by atoms with Crippen LogP contribution in [0.25, 0.3) is 0 Å². The summed E-state index contributed by atoms with van der Waals surface area (Å²) in [5, 5.41) is 3.69. The first-order valence-electron chi connectivity index (χ1n) is 6.49. The van der Waals surface area contributed by atoms with Crippen LogP contribution in [0.5, 0.6) is 11.5 Å². The Morgan fingerprint density at radius 1 is 1.04 bits per heavy atom.